The van der Waals surface area contributed by atoms with Crippen molar-refractivity contribution < 1.29 is 0 Å². The summed E-state index contributed by atoms with van der Waals surface area (Å²) in [6, 6.07) is 0.811. The molecule has 2 rings (SSSR count). The first-order chi connectivity index (χ1) is 8.40. The number of hydrogen-bond acceptors (Lipinski definition) is 2. The Hall–Kier alpha value is 0.310. The van der Waals surface area contributed by atoms with Crippen molar-refractivity contribution in [3.8, 4) is 0 Å². The van der Waals surface area contributed by atoms with Crippen molar-refractivity contribution in [1.29, 1.82) is 0 Å². The molecule has 2 atom stereocenters. The van der Waals surface area contributed by atoms with E-state index in [1.807, 2.05) is 0 Å². The smallest absolute Gasteiger partial charge is 0.0201 e. The summed E-state index contributed by atoms with van der Waals surface area (Å²) in [6.45, 7) is 3.50. The fourth-order valence-electron chi connectivity index (χ4n) is 3.40. The molecule has 0 amide bonds. The van der Waals surface area contributed by atoms with Gasteiger partial charge in [-0.05, 0) is 43.9 Å². The lowest BCUT2D eigenvalue weighted by atomic mass is 9.84. The van der Waals surface area contributed by atoms with Crippen LogP contribution in [-0.2, 0) is 0 Å². The van der Waals surface area contributed by atoms with Crippen LogP contribution < -0.4 is 5.32 Å². The summed E-state index contributed by atoms with van der Waals surface area (Å²) in [5, 5.41) is 4.76. The van der Waals surface area contributed by atoms with Crippen molar-refractivity contribution in [2.24, 2.45) is 5.92 Å². The van der Waals surface area contributed by atoms with Gasteiger partial charge >= 0.3 is 0 Å². The highest BCUT2D eigenvalue weighted by Gasteiger charge is 2.27. The average Bonchev–Trinajstić information content (AvgIpc) is 2.89. The normalized spacial score (nSPS) is 28.4. The van der Waals surface area contributed by atoms with Crippen molar-refractivity contribution in [3.05, 3.63) is 0 Å². The molecule has 0 aromatic rings. The molecule has 1 heterocycles. The maximum absolute atomic E-state index is 3.84. The lowest BCUT2D eigenvalue weighted by molar-refractivity contribution is 0.293. The van der Waals surface area contributed by atoms with E-state index in [0.717, 1.165) is 17.2 Å². The van der Waals surface area contributed by atoms with Crippen molar-refractivity contribution in [1.82, 2.24) is 5.32 Å². The van der Waals surface area contributed by atoms with Gasteiger partial charge in [0.25, 0.3) is 0 Å². The van der Waals surface area contributed by atoms with Gasteiger partial charge in [0, 0.05) is 11.3 Å². The van der Waals surface area contributed by atoms with Gasteiger partial charge in [-0.1, -0.05) is 39.0 Å². The molecule has 0 radical (unpaired) electrons. The summed E-state index contributed by atoms with van der Waals surface area (Å²) in [6.07, 6.45) is 13.1. The number of hydrogen-bond donors (Lipinski definition) is 1. The highest BCUT2D eigenvalue weighted by Crippen LogP contribution is 2.34. The van der Waals surface area contributed by atoms with Gasteiger partial charge in [0.05, 0.1) is 0 Å². The summed E-state index contributed by atoms with van der Waals surface area (Å²) >= 11 is 2.23. The first-order valence-electron chi connectivity index (χ1n) is 7.75. The van der Waals surface area contributed by atoms with E-state index >= 15 is 0 Å². The van der Waals surface area contributed by atoms with Gasteiger partial charge in [-0.2, -0.15) is 11.8 Å². The lowest BCUT2D eigenvalue weighted by Gasteiger charge is -2.30. The lowest BCUT2D eigenvalue weighted by Crippen LogP contribution is -2.39. The summed E-state index contributed by atoms with van der Waals surface area (Å²) in [5.74, 6) is 2.43. The predicted molar refractivity (Wildman–Crippen MR) is 78.8 cm³/mol. The zero-order chi connectivity index (χ0) is 11.9. The molecule has 0 bridgehead atoms. The van der Waals surface area contributed by atoms with E-state index in [1.54, 1.807) is 0 Å². The second-order valence-corrected chi connectivity index (χ2v) is 7.20. The average molecular weight is 255 g/mol. The molecule has 0 aromatic heterocycles. The molecule has 2 heteroatoms. The molecule has 100 valence electrons. The van der Waals surface area contributed by atoms with Gasteiger partial charge in [0.1, 0.15) is 0 Å². The van der Waals surface area contributed by atoms with Crippen LogP contribution in [0.15, 0.2) is 0 Å². The largest absolute Gasteiger partial charge is 0.313 e. The van der Waals surface area contributed by atoms with Crippen LogP contribution in [-0.4, -0.2) is 23.6 Å². The van der Waals surface area contributed by atoms with Crippen LogP contribution in [0.4, 0.5) is 0 Å². The second-order valence-electron chi connectivity index (χ2n) is 5.85. The topological polar surface area (TPSA) is 12.0 Å². The van der Waals surface area contributed by atoms with Crippen LogP contribution in [0.25, 0.3) is 0 Å². The maximum Gasteiger partial charge on any atom is 0.0201 e. The van der Waals surface area contributed by atoms with Crippen molar-refractivity contribution in [2.45, 2.75) is 76.0 Å². The van der Waals surface area contributed by atoms with Crippen molar-refractivity contribution in [2.75, 3.05) is 12.3 Å². The molecule has 1 aliphatic heterocycles. The highest BCUT2D eigenvalue weighted by molar-refractivity contribution is 8.00. The number of nitrogens with one attached hydrogen (secondary N) is 1. The minimum Gasteiger partial charge on any atom is -0.313 e. The van der Waals surface area contributed by atoms with Crippen LogP contribution >= 0.6 is 11.8 Å². The molecular weight excluding hydrogens is 226 g/mol. The standard InChI is InChI=1S/C15H29NS/c1-2-10-16-14(15-9-6-11-17-15)12-13-7-4-3-5-8-13/h13-16H,2-12H2,1H3. The molecular formula is C15H29NS. The minimum atomic E-state index is 0.811. The van der Waals surface area contributed by atoms with Gasteiger partial charge in [0.15, 0.2) is 0 Å². The molecule has 17 heavy (non-hydrogen) atoms. The zero-order valence-corrected chi connectivity index (χ0v) is 12.2. The molecule has 1 saturated carbocycles. The molecule has 1 nitrogen and oxygen atoms in total. The van der Waals surface area contributed by atoms with Gasteiger partial charge < -0.3 is 5.32 Å². The van der Waals surface area contributed by atoms with Crippen LogP contribution in [0.3, 0.4) is 0 Å². The Morgan fingerprint density at radius 1 is 1.12 bits per heavy atom. The summed E-state index contributed by atoms with van der Waals surface area (Å²) in [4.78, 5) is 0. The molecule has 0 aromatic carbocycles. The molecule has 1 N–H and O–H groups in total. The van der Waals surface area contributed by atoms with Crippen molar-refractivity contribution in [3.63, 3.8) is 0 Å². The molecule has 0 spiro atoms. The Morgan fingerprint density at radius 2 is 1.94 bits per heavy atom. The summed E-state index contributed by atoms with van der Waals surface area (Å²) in [7, 11) is 0. The quantitative estimate of drug-likeness (QED) is 0.762. The molecule has 1 aliphatic carbocycles. The van der Waals surface area contributed by atoms with Crippen LogP contribution in [0, 0.1) is 5.92 Å². The van der Waals surface area contributed by atoms with Gasteiger partial charge in [-0.3, -0.25) is 0 Å². The monoisotopic (exact) mass is 255 g/mol. The third-order valence-electron chi connectivity index (χ3n) is 4.38. The zero-order valence-electron chi connectivity index (χ0n) is 11.4. The third kappa shape index (κ3) is 4.48. The number of thioether (sulfide) groups is 1. The minimum absolute atomic E-state index is 0.811. The second kappa shape index (κ2) is 7.68. The Balaban J connectivity index is 1.80. The van der Waals surface area contributed by atoms with E-state index in [1.165, 1.54) is 70.1 Å². The van der Waals surface area contributed by atoms with E-state index in [9.17, 15) is 0 Å². The SMILES string of the molecule is CCCNC(CC1CCCCC1)C1CCCS1. The van der Waals surface area contributed by atoms with E-state index in [0.29, 0.717) is 0 Å². The van der Waals surface area contributed by atoms with Gasteiger partial charge in [-0.25, -0.2) is 0 Å². The maximum atomic E-state index is 3.84. The van der Waals surface area contributed by atoms with Gasteiger partial charge in [-0.15, -0.1) is 0 Å². The first kappa shape index (κ1) is 13.7. The Kier molecular flexibility index (Phi) is 6.21. The van der Waals surface area contributed by atoms with E-state index in [-0.39, 0.29) is 0 Å². The summed E-state index contributed by atoms with van der Waals surface area (Å²) in [5.41, 5.74) is 0. The molecule has 1 saturated heterocycles. The Labute approximate surface area is 112 Å². The van der Waals surface area contributed by atoms with Crippen molar-refractivity contribution >= 4 is 11.8 Å². The fraction of sp³-hybridized carbons (Fsp3) is 1.00. The molecule has 2 unspecified atom stereocenters. The van der Waals surface area contributed by atoms with Crippen LogP contribution in [0.5, 0.6) is 0 Å². The first-order valence-corrected chi connectivity index (χ1v) is 8.80. The summed E-state index contributed by atoms with van der Waals surface area (Å²) < 4.78 is 0. The Bertz CT molecular complexity index is 195. The molecule has 2 fully saturated rings. The van der Waals surface area contributed by atoms with E-state index < -0.39 is 0 Å². The van der Waals surface area contributed by atoms with E-state index in [4.69, 9.17) is 0 Å². The van der Waals surface area contributed by atoms with Crippen LogP contribution in [0.1, 0.15) is 64.7 Å². The third-order valence-corrected chi connectivity index (χ3v) is 5.90. The van der Waals surface area contributed by atoms with Gasteiger partial charge in [0.2, 0.25) is 0 Å². The number of rotatable bonds is 6. The fourth-order valence-corrected chi connectivity index (χ4v) is 4.81. The highest BCUT2D eigenvalue weighted by atomic mass is 32.2. The Morgan fingerprint density at radius 3 is 2.59 bits per heavy atom. The van der Waals surface area contributed by atoms with Crippen LogP contribution in [0.2, 0.25) is 0 Å². The molecule has 2 aliphatic rings. The van der Waals surface area contributed by atoms with E-state index in [2.05, 4.69) is 24.0 Å². The predicted octanol–water partition coefficient (Wildman–Crippen LogP) is 4.22.